The molecule has 1 saturated heterocycles. The monoisotopic (exact) mass is 334 g/mol. The minimum atomic E-state index is -1.06. The fourth-order valence-electron chi connectivity index (χ4n) is 2.37. The molecule has 0 aliphatic carbocycles. The molecule has 1 aliphatic rings. The first kappa shape index (κ1) is 18.5. The maximum Gasteiger partial charge on any atom is 0.492 e. The van der Waals surface area contributed by atoms with E-state index in [1.807, 2.05) is 27.7 Å². The number of rotatable bonds is 5. The number of carboxylic acids is 1. The molecule has 1 aromatic carbocycles. The average Bonchev–Trinajstić information content (AvgIpc) is 2.72. The van der Waals surface area contributed by atoms with E-state index in [0.29, 0.717) is 11.0 Å². The van der Waals surface area contributed by atoms with Crippen LogP contribution in [-0.2, 0) is 9.31 Å². The SMILES string of the molecule is COc1cc(C=C(CO)B2OC(C)(C)C(C)(C)O2)ccc1C(=O)O. The fourth-order valence-corrected chi connectivity index (χ4v) is 2.37. The first-order valence-electron chi connectivity index (χ1n) is 7.69. The Morgan fingerprint density at radius 1 is 1.25 bits per heavy atom. The van der Waals surface area contributed by atoms with Crippen LogP contribution < -0.4 is 4.74 Å². The maximum atomic E-state index is 11.1. The molecule has 0 radical (unpaired) electrons. The molecular weight excluding hydrogens is 311 g/mol. The standard InChI is InChI=1S/C17H23BO6/c1-16(2)17(3,4)24-18(23-16)12(10-19)8-11-6-7-13(15(20)21)14(9-11)22-5/h6-9,19H,10H2,1-5H3,(H,20,21). The van der Waals surface area contributed by atoms with Crippen molar-refractivity contribution in [2.24, 2.45) is 0 Å². The van der Waals surface area contributed by atoms with Gasteiger partial charge in [-0.15, -0.1) is 0 Å². The third kappa shape index (κ3) is 3.48. The average molecular weight is 334 g/mol. The molecular formula is C17H23BO6. The van der Waals surface area contributed by atoms with Crippen molar-refractivity contribution in [3.8, 4) is 5.75 Å². The van der Waals surface area contributed by atoms with Crippen LogP contribution in [-0.4, -0.2) is 48.2 Å². The summed E-state index contributed by atoms with van der Waals surface area (Å²) in [6.07, 6.45) is 1.72. The van der Waals surface area contributed by atoms with Crippen molar-refractivity contribution in [1.82, 2.24) is 0 Å². The van der Waals surface area contributed by atoms with Crippen LogP contribution >= 0.6 is 0 Å². The van der Waals surface area contributed by atoms with Crippen molar-refractivity contribution < 1.29 is 29.1 Å². The molecule has 1 aromatic rings. The first-order valence-corrected chi connectivity index (χ1v) is 7.69. The van der Waals surface area contributed by atoms with Gasteiger partial charge >= 0.3 is 13.1 Å². The zero-order valence-electron chi connectivity index (χ0n) is 14.6. The third-order valence-electron chi connectivity index (χ3n) is 4.55. The van der Waals surface area contributed by atoms with Gasteiger partial charge in [0.25, 0.3) is 0 Å². The summed E-state index contributed by atoms with van der Waals surface area (Å²) in [5.41, 5.74) is 0.318. The maximum absolute atomic E-state index is 11.1. The predicted molar refractivity (Wildman–Crippen MR) is 91.1 cm³/mol. The number of carboxylic acid groups (broad SMARTS) is 1. The lowest BCUT2D eigenvalue weighted by Crippen LogP contribution is -2.41. The highest BCUT2D eigenvalue weighted by atomic mass is 16.7. The van der Waals surface area contributed by atoms with Gasteiger partial charge in [-0.1, -0.05) is 12.1 Å². The molecule has 0 bridgehead atoms. The van der Waals surface area contributed by atoms with Crippen molar-refractivity contribution in [3.05, 3.63) is 34.8 Å². The summed E-state index contributed by atoms with van der Waals surface area (Å²) in [6.45, 7) is 7.51. The highest BCUT2D eigenvalue weighted by molar-refractivity contribution is 6.55. The van der Waals surface area contributed by atoms with Crippen LogP contribution in [0.15, 0.2) is 23.7 Å². The van der Waals surface area contributed by atoms with Crippen molar-refractivity contribution in [2.45, 2.75) is 38.9 Å². The number of carbonyl (C=O) groups is 1. The van der Waals surface area contributed by atoms with Crippen LogP contribution in [0.25, 0.3) is 6.08 Å². The molecule has 130 valence electrons. The molecule has 0 atom stereocenters. The second-order valence-corrected chi connectivity index (χ2v) is 6.73. The van der Waals surface area contributed by atoms with E-state index in [1.165, 1.54) is 13.2 Å². The molecule has 1 heterocycles. The van der Waals surface area contributed by atoms with Gasteiger partial charge in [0.1, 0.15) is 11.3 Å². The van der Waals surface area contributed by atoms with E-state index in [2.05, 4.69) is 0 Å². The summed E-state index contributed by atoms with van der Waals surface area (Å²) in [6, 6.07) is 4.71. The number of aliphatic hydroxyl groups is 1. The van der Waals surface area contributed by atoms with Gasteiger partial charge in [0.15, 0.2) is 0 Å². The van der Waals surface area contributed by atoms with Crippen LogP contribution in [0.5, 0.6) is 5.75 Å². The molecule has 1 aliphatic heterocycles. The summed E-state index contributed by atoms with van der Waals surface area (Å²) in [4.78, 5) is 11.1. The zero-order valence-corrected chi connectivity index (χ0v) is 14.6. The van der Waals surface area contributed by atoms with E-state index in [4.69, 9.17) is 19.2 Å². The van der Waals surface area contributed by atoms with E-state index in [1.54, 1.807) is 18.2 Å². The second kappa shape index (κ2) is 6.59. The zero-order chi connectivity index (χ0) is 18.1. The van der Waals surface area contributed by atoms with Gasteiger partial charge in [-0.25, -0.2) is 4.79 Å². The number of aliphatic hydroxyl groups excluding tert-OH is 1. The van der Waals surface area contributed by atoms with Gasteiger partial charge in [0, 0.05) is 0 Å². The van der Waals surface area contributed by atoms with Crippen LogP contribution in [0.2, 0.25) is 0 Å². The van der Waals surface area contributed by atoms with Crippen molar-refractivity contribution in [1.29, 1.82) is 0 Å². The molecule has 7 heteroatoms. The smallest absolute Gasteiger partial charge is 0.492 e. The lowest BCUT2D eigenvalue weighted by molar-refractivity contribution is 0.00578. The molecule has 0 aromatic heterocycles. The Morgan fingerprint density at radius 3 is 2.29 bits per heavy atom. The predicted octanol–water partition coefficient (Wildman–Crippen LogP) is 2.40. The van der Waals surface area contributed by atoms with Crippen LogP contribution in [0.3, 0.4) is 0 Å². The lowest BCUT2D eigenvalue weighted by atomic mass is 9.77. The fraction of sp³-hybridized carbons (Fsp3) is 0.471. The molecule has 6 nitrogen and oxygen atoms in total. The summed E-state index contributed by atoms with van der Waals surface area (Å²) in [7, 11) is 0.751. The van der Waals surface area contributed by atoms with Crippen LogP contribution in [0.4, 0.5) is 0 Å². The summed E-state index contributed by atoms with van der Waals surface area (Å²) >= 11 is 0. The molecule has 2 N–H and O–H groups in total. The number of hydrogen-bond acceptors (Lipinski definition) is 5. The molecule has 0 spiro atoms. The van der Waals surface area contributed by atoms with Gasteiger partial charge in [0.2, 0.25) is 0 Å². The Kier molecular flexibility index (Phi) is 5.08. The lowest BCUT2D eigenvalue weighted by Gasteiger charge is -2.32. The topological polar surface area (TPSA) is 85.2 Å². The van der Waals surface area contributed by atoms with Crippen molar-refractivity contribution in [3.63, 3.8) is 0 Å². The Balaban J connectivity index is 2.33. The molecule has 1 fully saturated rings. The Morgan fingerprint density at radius 2 is 1.83 bits per heavy atom. The highest BCUT2D eigenvalue weighted by Crippen LogP contribution is 2.38. The Bertz CT molecular complexity index is 649. The summed E-state index contributed by atoms with van der Waals surface area (Å²) < 4.78 is 17.0. The van der Waals surface area contributed by atoms with Gasteiger partial charge < -0.3 is 24.3 Å². The number of hydrogen-bond donors (Lipinski definition) is 2. The third-order valence-corrected chi connectivity index (χ3v) is 4.55. The van der Waals surface area contributed by atoms with E-state index < -0.39 is 24.3 Å². The largest absolute Gasteiger partial charge is 0.496 e. The number of ether oxygens (including phenoxy) is 1. The van der Waals surface area contributed by atoms with Gasteiger partial charge in [-0.3, -0.25) is 0 Å². The van der Waals surface area contributed by atoms with E-state index in [9.17, 15) is 9.90 Å². The summed E-state index contributed by atoms with van der Waals surface area (Å²) in [5, 5.41) is 18.8. The molecule has 0 amide bonds. The molecule has 2 rings (SSSR count). The second-order valence-electron chi connectivity index (χ2n) is 6.73. The first-order chi connectivity index (χ1) is 11.1. The summed E-state index contributed by atoms with van der Waals surface area (Å²) in [5.74, 6) is -0.807. The van der Waals surface area contributed by atoms with E-state index >= 15 is 0 Å². The number of benzene rings is 1. The molecule has 24 heavy (non-hydrogen) atoms. The minimum absolute atomic E-state index is 0.0795. The molecule has 0 unspecified atom stereocenters. The van der Waals surface area contributed by atoms with Crippen LogP contribution in [0, 0.1) is 0 Å². The van der Waals surface area contributed by atoms with Gasteiger partial charge in [-0.05, 0) is 50.9 Å². The van der Waals surface area contributed by atoms with Crippen molar-refractivity contribution >= 4 is 19.2 Å². The number of methoxy groups -OCH3 is 1. The van der Waals surface area contributed by atoms with Gasteiger partial charge in [0.05, 0.1) is 24.9 Å². The van der Waals surface area contributed by atoms with Crippen molar-refractivity contribution in [2.75, 3.05) is 13.7 Å². The molecule has 0 saturated carbocycles. The highest BCUT2D eigenvalue weighted by Gasteiger charge is 2.52. The van der Waals surface area contributed by atoms with Crippen LogP contribution in [0.1, 0.15) is 43.6 Å². The van der Waals surface area contributed by atoms with Gasteiger partial charge in [-0.2, -0.15) is 0 Å². The van der Waals surface area contributed by atoms with E-state index in [-0.39, 0.29) is 17.9 Å². The Hall–Kier alpha value is -1.83. The minimum Gasteiger partial charge on any atom is -0.496 e. The normalized spacial score (nSPS) is 19.4. The number of aromatic carboxylic acids is 1. The Labute approximate surface area is 142 Å². The quantitative estimate of drug-likeness (QED) is 0.805. The van der Waals surface area contributed by atoms with E-state index in [0.717, 1.165) is 0 Å².